The lowest BCUT2D eigenvalue weighted by Gasteiger charge is -2.15. The average Bonchev–Trinajstić information content (AvgIpc) is 2.96. The van der Waals surface area contributed by atoms with Crippen LogP contribution in [0.4, 0.5) is 0 Å². The van der Waals surface area contributed by atoms with Crippen molar-refractivity contribution in [1.29, 1.82) is 0 Å². The molecule has 1 saturated heterocycles. The Morgan fingerprint density at radius 3 is 2.70 bits per heavy atom. The topological polar surface area (TPSA) is 47.7 Å². The summed E-state index contributed by atoms with van der Waals surface area (Å²) >= 11 is 4.96. The van der Waals surface area contributed by atoms with Crippen molar-refractivity contribution in [2.24, 2.45) is 5.73 Å². The molecule has 1 aliphatic heterocycles. The molecule has 0 aromatic heterocycles. The van der Waals surface area contributed by atoms with Gasteiger partial charge in [0.1, 0.15) is 4.99 Å². The van der Waals surface area contributed by atoms with Gasteiger partial charge in [0.15, 0.2) is 11.5 Å². The van der Waals surface area contributed by atoms with Gasteiger partial charge in [-0.15, -0.1) is 0 Å². The maximum atomic E-state index is 5.79. The van der Waals surface area contributed by atoms with Crippen molar-refractivity contribution in [3.05, 3.63) is 23.8 Å². The van der Waals surface area contributed by atoms with E-state index in [1.165, 1.54) is 25.9 Å². The summed E-state index contributed by atoms with van der Waals surface area (Å²) in [5.41, 5.74) is 6.40. The lowest BCUT2D eigenvalue weighted by Crippen LogP contribution is -2.22. The second-order valence-electron chi connectivity index (χ2n) is 4.98. The Hall–Kier alpha value is -1.33. The molecule has 1 aromatic rings. The van der Waals surface area contributed by atoms with Gasteiger partial charge in [-0.25, -0.2) is 0 Å². The highest BCUT2D eigenvalue weighted by Crippen LogP contribution is 2.28. The van der Waals surface area contributed by atoms with E-state index >= 15 is 0 Å². The number of nitrogens with two attached hydrogens (primary N) is 1. The summed E-state index contributed by atoms with van der Waals surface area (Å²) in [4.78, 5) is 2.85. The Morgan fingerprint density at radius 2 is 2.05 bits per heavy atom. The van der Waals surface area contributed by atoms with Crippen LogP contribution in [0.15, 0.2) is 18.2 Å². The summed E-state index contributed by atoms with van der Waals surface area (Å²) in [6, 6.07) is 5.54. The van der Waals surface area contributed by atoms with E-state index in [0.717, 1.165) is 24.3 Å². The third-order valence-corrected chi connectivity index (χ3v) is 3.76. The van der Waals surface area contributed by atoms with E-state index in [1.807, 2.05) is 18.2 Å². The van der Waals surface area contributed by atoms with Crippen molar-refractivity contribution in [3.63, 3.8) is 0 Å². The van der Waals surface area contributed by atoms with Gasteiger partial charge in [0.25, 0.3) is 0 Å². The number of rotatable bonds is 7. The first kappa shape index (κ1) is 15.1. The Labute approximate surface area is 125 Å². The molecule has 0 radical (unpaired) electrons. The first-order chi connectivity index (χ1) is 9.70. The molecule has 2 N–H and O–H groups in total. The maximum Gasteiger partial charge on any atom is 0.161 e. The van der Waals surface area contributed by atoms with Crippen LogP contribution < -0.4 is 15.2 Å². The van der Waals surface area contributed by atoms with Crippen molar-refractivity contribution >= 4 is 17.2 Å². The zero-order valence-electron chi connectivity index (χ0n) is 11.9. The van der Waals surface area contributed by atoms with Gasteiger partial charge in [0.2, 0.25) is 0 Å². The van der Waals surface area contributed by atoms with Crippen molar-refractivity contribution in [3.8, 4) is 11.5 Å². The molecule has 0 saturated carbocycles. The highest BCUT2D eigenvalue weighted by atomic mass is 32.1. The lowest BCUT2D eigenvalue weighted by atomic mass is 10.2. The summed E-state index contributed by atoms with van der Waals surface area (Å²) in [5, 5.41) is 0. The predicted molar refractivity (Wildman–Crippen MR) is 84.7 cm³/mol. The third-order valence-electron chi connectivity index (χ3n) is 3.52. The Balaban J connectivity index is 1.83. The molecular formula is C15H22N2O2S. The van der Waals surface area contributed by atoms with Gasteiger partial charge < -0.3 is 20.1 Å². The molecule has 1 fully saturated rings. The van der Waals surface area contributed by atoms with Crippen LogP contribution in [0, 0.1) is 0 Å². The molecule has 2 rings (SSSR count). The SMILES string of the molecule is COc1cc(C(N)=S)ccc1OCCCN1CCCC1. The zero-order valence-corrected chi connectivity index (χ0v) is 12.7. The summed E-state index contributed by atoms with van der Waals surface area (Å²) in [6.45, 7) is 4.25. The van der Waals surface area contributed by atoms with Crippen LogP contribution in [0.25, 0.3) is 0 Å². The molecule has 0 unspecified atom stereocenters. The highest BCUT2D eigenvalue weighted by molar-refractivity contribution is 7.80. The highest BCUT2D eigenvalue weighted by Gasteiger charge is 2.11. The van der Waals surface area contributed by atoms with Gasteiger partial charge in [-0.05, 0) is 50.6 Å². The summed E-state index contributed by atoms with van der Waals surface area (Å²) in [6.07, 6.45) is 3.69. The molecule has 0 atom stereocenters. The van der Waals surface area contributed by atoms with Crippen LogP contribution in [0.5, 0.6) is 11.5 Å². The van der Waals surface area contributed by atoms with E-state index in [4.69, 9.17) is 27.4 Å². The van der Waals surface area contributed by atoms with Gasteiger partial charge in [0, 0.05) is 12.1 Å². The molecule has 1 heterocycles. The monoisotopic (exact) mass is 294 g/mol. The largest absolute Gasteiger partial charge is 0.493 e. The molecule has 0 amide bonds. The summed E-state index contributed by atoms with van der Waals surface area (Å²) in [5.74, 6) is 1.42. The molecule has 1 aromatic carbocycles. The van der Waals surface area contributed by atoms with Crippen LogP contribution in [0.1, 0.15) is 24.8 Å². The maximum absolute atomic E-state index is 5.79. The van der Waals surface area contributed by atoms with Crippen LogP contribution >= 0.6 is 12.2 Å². The normalized spacial score (nSPS) is 15.2. The first-order valence-corrected chi connectivity index (χ1v) is 7.44. The quantitative estimate of drug-likeness (QED) is 0.617. The van der Waals surface area contributed by atoms with E-state index in [1.54, 1.807) is 7.11 Å². The van der Waals surface area contributed by atoms with Crippen LogP contribution in [-0.2, 0) is 0 Å². The van der Waals surface area contributed by atoms with Crippen molar-refractivity contribution in [1.82, 2.24) is 4.90 Å². The van der Waals surface area contributed by atoms with Gasteiger partial charge in [-0.3, -0.25) is 0 Å². The van der Waals surface area contributed by atoms with E-state index in [0.29, 0.717) is 17.3 Å². The number of benzene rings is 1. The molecule has 20 heavy (non-hydrogen) atoms. The van der Waals surface area contributed by atoms with Gasteiger partial charge >= 0.3 is 0 Å². The van der Waals surface area contributed by atoms with Crippen LogP contribution in [0.2, 0.25) is 0 Å². The van der Waals surface area contributed by atoms with Crippen LogP contribution in [0.3, 0.4) is 0 Å². The molecular weight excluding hydrogens is 272 g/mol. The number of likely N-dealkylation sites (tertiary alicyclic amines) is 1. The fourth-order valence-electron chi connectivity index (χ4n) is 2.42. The molecule has 0 aliphatic carbocycles. The minimum Gasteiger partial charge on any atom is -0.493 e. The summed E-state index contributed by atoms with van der Waals surface area (Å²) in [7, 11) is 1.62. The van der Waals surface area contributed by atoms with Crippen LogP contribution in [-0.4, -0.2) is 43.2 Å². The standard InChI is InChI=1S/C15H22N2O2S/c1-18-14-11-12(15(16)20)5-6-13(14)19-10-4-9-17-7-2-3-8-17/h5-6,11H,2-4,7-10H2,1H3,(H2,16,20). The molecule has 5 heteroatoms. The molecule has 0 spiro atoms. The second kappa shape index (κ2) is 7.45. The number of ether oxygens (including phenoxy) is 2. The van der Waals surface area contributed by atoms with Crippen molar-refractivity contribution in [2.75, 3.05) is 33.4 Å². The Kier molecular flexibility index (Phi) is 5.61. The molecule has 1 aliphatic rings. The number of methoxy groups -OCH3 is 1. The van der Waals surface area contributed by atoms with E-state index < -0.39 is 0 Å². The Bertz CT molecular complexity index is 459. The summed E-state index contributed by atoms with van der Waals surface area (Å²) < 4.78 is 11.1. The number of thiocarbonyl (C=S) groups is 1. The van der Waals surface area contributed by atoms with E-state index in [9.17, 15) is 0 Å². The fraction of sp³-hybridized carbons (Fsp3) is 0.533. The molecule has 0 bridgehead atoms. The third kappa shape index (κ3) is 4.08. The zero-order chi connectivity index (χ0) is 14.4. The molecule has 4 nitrogen and oxygen atoms in total. The number of nitrogens with zero attached hydrogens (tertiary/aromatic N) is 1. The van der Waals surface area contributed by atoms with E-state index in [-0.39, 0.29) is 0 Å². The fourth-order valence-corrected chi connectivity index (χ4v) is 2.54. The Morgan fingerprint density at radius 1 is 1.30 bits per heavy atom. The number of hydrogen-bond acceptors (Lipinski definition) is 4. The van der Waals surface area contributed by atoms with Crippen molar-refractivity contribution in [2.45, 2.75) is 19.3 Å². The molecule has 110 valence electrons. The van der Waals surface area contributed by atoms with Gasteiger partial charge in [-0.2, -0.15) is 0 Å². The minimum absolute atomic E-state index is 0.365. The van der Waals surface area contributed by atoms with Gasteiger partial charge in [0.05, 0.1) is 13.7 Å². The van der Waals surface area contributed by atoms with Crippen molar-refractivity contribution < 1.29 is 9.47 Å². The smallest absolute Gasteiger partial charge is 0.161 e. The predicted octanol–water partition coefficient (Wildman–Crippen LogP) is 2.19. The minimum atomic E-state index is 0.365. The number of hydrogen-bond donors (Lipinski definition) is 1. The average molecular weight is 294 g/mol. The first-order valence-electron chi connectivity index (χ1n) is 7.03. The lowest BCUT2D eigenvalue weighted by molar-refractivity contribution is 0.254. The van der Waals surface area contributed by atoms with Gasteiger partial charge in [-0.1, -0.05) is 12.2 Å². The van der Waals surface area contributed by atoms with E-state index in [2.05, 4.69) is 4.90 Å². The second-order valence-corrected chi connectivity index (χ2v) is 5.42.